The van der Waals surface area contributed by atoms with Crippen LogP contribution in [0, 0.1) is 6.92 Å². The number of imidazole rings is 1. The molecule has 0 radical (unpaired) electrons. The summed E-state index contributed by atoms with van der Waals surface area (Å²) in [5.74, 6) is 1.12. The van der Waals surface area contributed by atoms with Crippen molar-refractivity contribution < 1.29 is 4.57 Å². The maximum Gasteiger partial charge on any atom is 0.220 e. The number of fused-ring (bicyclic) bond motifs is 6. The zero-order valence-corrected chi connectivity index (χ0v) is 16.0. The maximum atomic E-state index is 4.62. The summed E-state index contributed by atoms with van der Waals surface area (Å²) in [6.45, 7) is 2.26. The van der Waals surface area contributed by atoms with Gasteiger partial charge in [0.25, 0.3) is 0 Å². The van der Waals surface area contributed by atoms with E-state index in [0.29, 0.717) is 0 Å². The van der Waals surface area contributed by atoms with Crippen LogP contribution in [-0.2, 0) is 13.5 Å². The third kappa shape index (κ3) is 1.93. The van der Waals surface area contributed by atoms with E-state index in [2.05, 4.69) is 95.1 Å². The first-order chi connectivity index (χ1) is 13.7. The number of rotatable bonds is 1. The van der Waals surface area contributed by atoms with Gasteiger partial charge in [-0.05, 0) is 34.9 Å². The molecule has 3 nitrogen and oxygen atoms in total. The number of benzene rings is 3. The molecule has 0 N–H and O–H groups in total. The zero-order valence-electron chi connectivity index (χ0n) is 16.0. The summed E-state index contributed by atoms with van der Waals surface area (Å²) in [7, 11) is 2.15. The highest BCUT2D eigenvalue weighted by atomic mass is 15.1. The van der Waals surface area contributed by atoms with E-state index in [4.69, 9.17) is 0 Å². The number of aryl methyl sites for hydroxylation is 2. The number of hydrogen-bond acceptors (Lipinski definition) is 1. The van der Waals surface area contributed by atoms with Crippen LogP contribution >= 0.6 is 0 Å². The molecule has 0 spiro atoms. The normalized spacial score (nSPS) is 12.5. The highest BCUT2D eigenvalue weighted by Gasteiger charge is 2.30. The van der Waals surface area contributed by atoms with Crippen molar-refractivity contribution in [2.45, 2.75) is 13.3 Å². The standard InChI is InChI=1S/C25H20N3/c1-16-18-8-5-6-10-20(18)24-21(15-22-26-12-14-28(22)24)23(16)25-19-9-4-3-7-17(19)11-13-27(25)2/h3-14H,15H2,1-2H3/q+1. The van der Waals surface area contributed by atoms with E-state index in [0.717, 1.165) is 12.2 Å². The van der Waals surface area contributed by atoms with Crippen molar-refractivity contribution in [3.05, 3.63) is 90.1 Å². The Morgan fingerprint density at radius 2 is 1.68 bits per heavy atom. The van der Waals surface area contributed by atoms with Crippen LogP contribution in [0.1, 0.15) is 17.0 Å². The van der Waals surface area contributed by atoms with E-state index in [9.17, 15) is 0 Å². The first-order valence-corrected chi connectivity index (χ1v) is 9.68. The summed E-state index contributed by atoms with van der Waals surface area (Å²) in [5, 5.41) is 5.18. The smallest absolute Gasteiger partial charge is 0.220 e. The van der Waals surface area contributed by atoms with Gasteiger partial charge in [-0.15, -0.1) is 0 Å². The third-order valence-electron chi connectivity index (χ3n) is 6.13. The number of pyridine rings is 1. The Morgan fingerprint density at radius 3 is 2.54 bits per heavy atom. The highest BCUT2D eigenvalue weighted by molar-refractivity contribution is 6.04. The lowest BCUT2D eigenvalue weighted by Gasteiger charge is -2.16. The topological polar surface area (TPSA) is 21.7 Å². The minimum Gasteiger partial charge on any atom is -0.303 e. The lowest BCUT2D eigenvalue weighted by Crippen LogP contribution is -2.31. The van der Waals surface area contributed by atoms with Crippen LogP contribution in [0.25, 0.3) is 38.5 Å². The van der Waals surface area contributed by atoms with E-state index < -0.39 is 0 Å². The molecular weight excluding hydrogens is 342 g/mol. The van der Waals surface area contributed by atoms with Gasteiger partial charge in [-0.2, -0.15) is 0 Å². The molecule has 1 aliphatic rings. The minimum absolute atomic E-state index is 0.868. The molecule has 1 aliphatic heterocycles. The van der Waals surface area contributed by atoms with Crippen molar-refractivity contribution in [2.75, 3.05) is 0 Å². The SMILES string of the molecule is Cc1c(-c2c3ccccc3cc[n+]2C)c2c(c3ccccc13)-n1ccnc1C2. The number of nitrogens with zero attached hydrogens (tertiary/aromatic N) is 3. The number of hydrogen-bond donors (Lipinski definition) is 0. The van der Waals surface area contributed by atoms with Gasteiger partial charge < -0.3 is 4.57 Å². The Morgan fingerprint density at radius 1 is 0.929 bits per heavy atom. The fraction of sp³-hybridized carbons (Fsp3) is 0.120. The predicted molar refractivity (Wildman–Crippen MR) is 113 cm³/mol. The average molecular weight is 362 g/mol. The van der Waals surface area contributed by atoms with Gasteiger partial charge in [0.1, 0.15) is 12.9 Å². The molecule has 5 aromatic rings. The molecule has 0 bridgehead atoms. The summed E-state index contributed by atoms with van der Waals surface area (Å²) in [6, 6.07) is 19.6. The van der Waals surface area contributed by atoms with Gasteiger partial charge in [-0.25, -0.2) is 9.55 Å². The van der Waals surface area contributed by atoms with Crippen molar-refractivity contribution in [3.63, 3.8) is 0 Å². The second-order valence-electron chi connectivity index (χ2n) is 7.63. The molecular formula is C25H20N3+. The molecule has 2 aromatic heterocycles. The van der Waals surface area contributed by atoms with Crippen molar-refractivity contribution >= 4 is 21.5 Å². The summed E-state index contributed by atoms with van der Waals surface area (Å²) in [4.78, 5) is 4.62. The summed E-state index contributed by atoms with van der Waals surface area (Å²) in [6.07, 6.45) is 7.04. The Hall–Kier alpha value is -3.46. The van der Waals surface area contributed by atoms with Crippen LogP contribution < -0.4 is 4.57 Å². The third-order valence-corrected chi connectivity index (χ3v) is 6.13. The summed E-state index contributed by atoms with van der Waals surface area (Å²) < 4.78 is 4.53. The van der Waals surface area contributed by atoms with Gasteiger partial charge in [-0.3, -0.25) is 0 Å². The predicted octanol–water partition coefficient (Wildman–Crippen LogP) is 4.88. The first-order valence-electron chi connectivity index (χ1n) is 9.68. The Kier molecular flexibility index (Phi) is 3.07. The van der Waals surface area contributed by atoms with Crippen molar-refractivity contribution in [3.8, 4) is 16.9 Å². The maximum absolute atomic E-state index is 4.62. The molecule has 0 amide bonds. The van der Waals surface area contributed by atoms with Crippen LogP contribution in [0.15, 0.2) is 73.2 Å². The van der Waals surface area contributed by atoms with E-state index >= 15 is 0 Å². The quantitative estimate of drug-likeness (QED) is 0.382. The van der Waals surface area contributed by atoms with Crippen LogP contribution in [0.4, 0.5) is 0 Å². The molecule has 0 atom stereocenters. The lowest BCUT2D eigenvalue weighted by atomic mass is 9.88. The lowest BCUT2D eigenvalue weighted by molar-refractivity contribution is -0.659. The van der Waals surface area contributed by atoms with E-state index in [1.807, 2.05) is 6.20 Å². The zero-order chi connectivity index (χ0) is 18.8. The molecule has 0 saturated carbocycles. The molecule has 0 aliphatic carbocycles. The molecule has 0 fully saturated rings. The molecule has 3 heteroatoms. The Balaban J connectivity index is 1.84. The molecule has 134 valence electrons. The molecule has 6 rings (SSSR count). The Labute approximate surface area is 163 Å². The fourth-order valence-electron chi connectivity index (χ4n) is 4.88. The molecule has 0 saturated heterocycles. The highest BCUT2D eigenvalue weighted by Crippen LogP contribution is 2.43. The van der Waals surface area contributed by atoms with Gasteiger partial charge in [0.2, 0.25) is 5.69 Å². The van der Waals surface area contributed by atoms with Crippen LogP contribution in [0.3, 0.4) is 0 Å². The number of aromatic nitrogens is 3. The van der Waals surface area contributed by atoms with Gasteiger partial charge in [-0.1, -0.05) is 42.5 Å². The van der Waals surface area contributed by atoms with Crippen LogP contribution in [-0.4, -0.2) is 9.55 Å². The van der Waals surface area contributed by atoms with E-state index in [1.54, 1.807) is 0 Å². The Bertz CT molecular complexity index is 1410. The van der Waals surface area contributed by atoms with Gasteiger partial charge in [0.05, 0.1) is 16.6 Å². The summed E-state index contributed by atoms with van der Waals surface area (Å²) in [5.41, 5.74) is 6.64. The van der Waals surface area contributed by atoms with Crippen LogP contribution in [0.2, 0.25) is 0 Å². The van der Waals surface area contributed by atoms with Gasteiger partial charge >= 0.3 is 0 Å². The molecule has 28 heavy (non-hydrogen) atoms. The first kappa shape index (κ1) is 15.6. The van der Waals surface area contributed by atoms with E-state index in [-0.39, 0.29) is 0 Å². The largest absolute Gasteiger partial charge is 0.303 e. The molecule has 3 heterocycles. The molecule has 3 aromatic carbocycles. The van der Waals surface area contributed by atoms with Crippen LogP contribution in [0.5, 0.6) is 0 Å². The van der Waals surface area contributed by atoms with Crippen molar-refractivity contribution in [1.82, 2.24) is 9.55 Å². The summed E-state index contributed by atoms with van der Waals surface area (Å²) >= 11 is 0. The van der Waals surface area contributed by atoms with Gasteiger partial charge in [0, 0.05) is 30.3 Å². The van der Waals surface area contributed by atoms with Gasteiger partial charge in [0.15, 0.2) is 6.20 Å². The second-order valence-corrected chi connectivity index (χ2v) is 7.63. The van der Waals surface area contributed by atoms with Crippen molar-refractivity contribution in [2.24, 2.45) is 7.05 Å². The fourth-order valence-corrected chi connectivity index (χ4v) is 4.88. The van der Waals surface area contributed by atoms with Crippen molar-refractivity contribution in [1.29, 1.82) is 0 Å². The molecule has 0 unspecified atom stereocenters. The minimum atomic E-state index is 0.868. The monoisotopic (exact) mass is 362 g/mol. The van der Waals surface area contributed by atoms with E-state index in [1.165, 1.54) is 49.6 Å². The average Bonchev–Trinajstić information content (AvgIpc) is 3.31. The second kappa shape index (κ2) is 5.52.